The summed E-state index contributed by atoms with van der Waals surface area (Å²) in [4.78, 5) is 19.4. The fourth-order valence-corrected chi connectivity index (χ4v) is 3.36. The molecule has 0 unspecified atom stereocenters. The summed E-state index contributed by atoms with van der Waals surface area (Å²) >= 11 is 0. The molecule has 2 fully saturated rings. The Kier molecular flexibility index (Phi) is 3.55. The Hall–Kier alpha value is -1.36. The van der Waals surface area contributed by atoms with Gasteiger partial charge in [0.05, 0.1) is 5.56 Å². The van der Waals surface area contributed by atoms with Crippen molar-refractivity contribution in [3.8, 4) is 5.88 Å². The van der Waals surface area contributed by atoms with Crippen LogP contribution in [0.2, 0.25) is 0 Å². The molecule has 19 heavy (non-hydrogen) atoms. The minimum Gasteiger partial charge on any atom is -0.493 e. The summed E-state index contributed by atoms with van der Waals surface area (Å²) < 4.78 is 0. The van der Waals surface area contributed by atoms with Gasteiger partial charge in [0, 0.05) is 5.92 Å². The summed E-state index contributed by atoms with van der Waals surface area (Å²) in [6.07, 6.45) is 6.19. The Morgan fingerprint density at radius 1 is 1.05 bits per heavy atom. The van der Waals surface area contributed by atoms with E-state index in [0.29, 0.717) is 11.4 Å². The number of rotatable bonds is 2. The molecule has 1 saturated carbocycles. The van der Waals surface area contributed by atoms with E-state index in [-0.39, 0.29) is 23.3 Å². The first-order valence-electron chi connectivity index (χ1n) is 7.29. The van der Waals surface area contributed by atoms with Gasteiger partial charge in [-0.2, -0.15) is 4.98 Å². The van der Waals surface area contributed by atoms with Crippen molar-refractivity contribution in [2.75, 3.05) is 13.1 Å². The Labute approximate surface area is 112 Å². The van der Waals surface area contributed by atoms with Crippen LogP contribution >= 0.6 is 0 Å². The van der Waals surface area contributed by atoms with Crippen molar-refractivity contribution in [2.24, 2.45) is 0 Å². The van der Waals surface area contributed by atoms with Crippen LogP contribution < -0.4 is 10.9 Å². The molecule has 0 radical (unpaired) electrons. The number of piperidine rings is 1. The standard InChI is InChI=1S/C14H21N3O2/c18-13-11(9-3-1-2-4-9)14(19)17-12(16-13)10-5-7-15-8-6-10/h9-10,15H,1-8H2,(H2,16,17,18,19). The van der Waals surface area contributed by atoms with Crippen LogP contribution in [0.25, 0.3) is 0 Å². The van der Waals surface area contributed by atoms with Gasteiger partial charge in [-0.1, -0.05) is 12.8 Å². The number of nitrogens with one attached hydrogen (secondary N) is 2. The van der Waals surface area contributed by atoms with Crippen molar-refractivity contribution < 1.29 is 5.11 Å². The van der Waals surface area contributed by atoms with Gasteiger partial charge in [-0.05, 0) is 44.7 Å². The van der Waals surface area contributed by atoms with Crippen molar-refractivity contribution in [1.82, 2.24) is 15.3 Å². The van der Waals surface area contributed by atoms with Crippen LogP contribution in [-0.4, -0.2) is 28.2 Å². The molecular formula is C14H21N3O2. The maximum absolute atomic E-state index is 12.2. The fourth-order valence-electron chi connectivity index (χ4n) is 3.36. The molecular weight excluding hydrogens is 242 g/mol. The maximum atomic E-state index is 12.2. The van der Waals surface area contributed by atoms with Gasteiger partial charge in [0.15, 0.2) is 0 Å². The molecule has 5 nitrogen and oxygen atoms in total. The lowest BCUT2D eigenvalue weighted by molar-refractivity contribution is 0.409. The molecule has 104 valence electrons. The second-order valence-electron chi connectivity index (χ2n) is 5.69. The summed E-state index contributed by atoms with van der Waals surface area (Å²) in [6.45, 7) is 1.89. The molecule has 3 rings (SSSR count). The van der Waals surface area contributed by atoms with Crippen LogP contribution in [0.5, 0.6) is 5.88 Å². The largest absolute Gasteiger partial charge is 0.493 e. The van der Waals surface area contributed by atoms with Gasteiger partial charge >= 0.3 is 0 Å². The molecule has 2 aliphatic rings. The minimum absolute atomic E-state index is 0.0378. The first-order valence-corrected chi connectivity index (χ1v) is 7.29. The number of aromatic nitrogens is 2. The average Bonchev–Trinajstić information content (AvgIpc) is 2.93. The molecule has 0 spiro atoms. The summed E-state index contributed by atoms with van der Waals surface area (Å²) in [5.41, 5.74) is 0.378. The Morgan fingerprint density at radius 3 is 2.37 bits per heavy atom. The molecule has 3 N–H and O–H groups in total. The van der Waals surface area contributed by atoms with Crippen molar-refractivity contribution >= 4 is 0 Å². The van der Waals surface area contributed by atoms with Gasteiger partial charge in [-0.3, -0.25) is 4.79 Å². The van der Waals surface area contributed by atoms with Gasteiger partial charge in [0.25, 0.3) is 5.56 Å². The zero-order valence-corrected chi connectivity index (χ0v) is 11.1. The van der Waals surface area contributed by atoms with Crippen LogP contribution in [0.4, 0.5) is 0 Å². The third-order valence-corrected chi connectivity index (χ3v) is 4.44. The molecule has 1 saturated heterocycles. The molecule has 0 bridgehead atoms. The van der Waals surface area contributed by atoms with E-state index < -0.39 is 0 Å². The fraction of sp³-hybridized carbons (Fsp3) is 0.714. The molecule has 2 heterocycles. The van der Waals surface area contributed by atoms with E-state index in [1.165, 1.54) is 0 Å². The lowest BCUT2D eigenvalue weighted by Crippen LogP contribution is -2.29. The lowest BCUT2D eigenvalue weighted by atomic mass is 9.96. The van der Waals surface area contributed by atoms with E-state index in [0.717, 1.165) is 51.6 Å². The van der Waals surface area contributed by atoms with Crippen molar-refractivity contribution in [3.05, 3.63) is 21.7 Å². The SMILES string of the molecule is O=c1[nH]c(C2CCNCC2)nc(O)c1C1CCCC1. The third-order valence-electron chi connectivity index (χ3n) is 4.44. The highest BCUT2D eigenvalue weighted by molar-refractivity contribution is 5.28. The number of hydrogen-bond acceptors (Lipinski definition) is 4. The molecule has 0 atom stereocenters. The Morgan fingerprint density at radius 2 is 1.74 bits per heavy atom. The molecule has 0 aromatic carbocycles. The van der Waals surface area contributed by atoms with Gasteiger partial charge in [-0.25, -0.2) is 0 Å². The highest BCUT2D eigenvalue weighted by Gasteiger charge is 2.26. The van der Waals surface area contributed by atoms with E-state index in [1.54, 1.807) is 0 Å². The molecule has 1 aromatic rings. The zero-order valence-electron chi connectivity index (χ0n) is 11.1. The molecule has 1 aliphatic heterocycles. The molecule has 1 aliphatic carbocycles. The smallest absolute Gasteiger partial charge is 0.258 e. The van der Waals surface area contributed by atoms with Gasteiger partial charge in [0.2, 0.25) is 5.88 Å². The van der Waals surface area contributed by atoms with Gasteiger partial charge < -0.3 is 15.4 Å². The van der Waals surface area contributed by atoms with E-state index in [2.05, 4.69) is 15.3 Å². The first kappa shape index (κ1) is 12.7. The van der Waals surface area contributed by atoms with E-state index >= 15 is 0 Å². The van der Waals surface area contributed by atoms with Crippen molar-refractivity contribution in [1.29, 1.82) is 0 Å². The number of nitrogens with zero attached hydrogens (tertiary/aromatic N) is 1. The summed E-state index contributed by atoms with van der Waals surface area (Å²) in [6, 6.07) is 0. The third kappa shape index (κ3) is 2.52. The van der Waals surface area contributed by atoms with Crippen LogP contribution in [0.1, 0.15) is 61.7 Å². The van der Waals surface area contributed by atoms with Crippen LogP contribution in [-0.2, 0) is 0 Å². The predicted molar refractivity (Wildman–Crippen MR) is 72.6 cm³/mol. The maximum Gasteiger partial charge on any atom is 0.258 e. The van der Waals surface area contributed by atoms with E-state index in [1.807, 2.05) is 0 Å². The van der Waals surface area contributed by atoms with Crippen molar-refractivity contribution in [3.63, 3.8) is 0 Å². The van der Waals surface area contributed by atoms with Crippen LogP contribution in [0.3, 0.4) is 0 Å². The average molecular weight is 263 g/mol. The van der Waals surface area contributed by atoms with E-state index in [4.69, 9.17) is 0 Å². The Balaban J connectivity index is 1.90. The topological polar surface area (TPSA) is 78.0 Å². The predicted octanol–water partition coefficient (Wildman–Crippen LogP) is 1.60. The van der Waals surface area contributed by atoms with Crippen LogP contribution in [0, 0.1) is 0 Å². The molecule has 0 amide bonds. The normalized spacial score (nSPS) is 21.9. The van der Waals surface area contributed by atoms with E-state index in [9.17, 15) is 9.90 Å². The van der Waals surface area contributed by atoms with Gasteiger partial charge in [-0.15, -0.1) is 0 Å². The van der Waals surface area contributed by atoms with Crippen molar-refractivity contribution in [2.45, 2.75) is 50.4 Å². The second-order valence-corrected chi connectivity index (χ2v) is 5.69. The Bertz CT molecular complexity index is 500. The highest BCUT2D eigenvalue weighted by atomic mass is 16.3. The quantitative estimate of drug-likeness (QED) is 0.757. The zero-order chi connectivity index (χ0) is 13.2. The minimum atomic E-state index is -0.132. The lowest BCUT2D eigenvalue weighted by Gasteiger charge is -2.22. The number of hydrogen-bond donors (Lipinski definition) is 3. The summed E-state index contributed by atoms with van der Waals surface area (Å²) in [5.74, 6) is 1.07. The first-order chi connectivity index (χ1) is 9.25. The van der Waals surface area contributed by atoms with Crippen LogP contribution in [0.15, 0.2) is 4.79 Å². The summed E-state index contributed by atoms with van der Waals surface area (Å²) in [5, 5.41) is 13.4. The monoisotopic (exact) mass is 263 g/mol. The molecule has 5 heteroatoms. The number of aromatic hydroxyl groups is 1. The summed E-state index contributed by atoms with van der Waals surface area (Å²) in [7, 11) is 0. The van der Waals surface area contributed by atoms with Gasteiger partial charge in [0.1, 0.15) is 5.82 Å². The highest BCUT2D eigenvalue weighted by Crippen LogP contribution is 2.36. The second kappa shape index (κ2) is 5.33. The number of H-pyrrole nitrogens is 1. The number of aromatic amines is 1. The molecule has 1 aromatic heterocycles.